The minimum atomic E-state index is 0.306. The number of hydrogen-bond donors (Lipinski definition) is 0. The molecule has 2 aromatic heterocycles. The molecule has 0 unspecified atom stereocenters. The summed E-state index contributed by atoms with van der Waals surface area (Å²) >= 11 is 7.95. The third kappa shape index (κ3) is 2.97. The summed E-state index contributed by atoms with van der Waals surface area (Å²) in [7, 11) is 0. The fourth-order valence-corrected chi connectivity index (χ4v) is 5.14. The molecule has 5 heteroatoms. The summed E-state index contributed by atoms with van der Waals surface area (Å²) in [6, 6.07) is 17.4. The second-order valence-corrected chi connectivity index (χ2v) is 8.28. The highest BCUT2D eigenvalue weighted by Crippen LogP contribution is 2.42. The molecule has 0 saturated carbocycles. The third-order valence-electron chi connectivity index (χ3n) is 5.43. The Morgan fingerprint density at radius 1 is 1.07 bits per heavy atom. The molecule has 1 aliphatic rings. The number of aryl methyl sites for hydroxylation is 2. The molecule has 2 aromatic carbocycles. The van der Waals surface area contributed by atoms with Crippen molar-refractivity contribution in [2.75, 3.05) is 11.4 Å². The van der Waals surface area contributed by atoms with Crippen LogP contribution in [0.25, 0.3) is 21.3 Å². The standard InChI is InChI=1S/C23H20ClN3S/c1-2-15-9-11-16(12-10-15)18-14-28-22-20(18)21(25-23(24)26-22)27-13-5-7-17-6-3-4-8-19(17)27/h3-4,6,8-12,14H,2,5,7,13H2,1H3. The topological polar surface area (TPSA) is 29.0 Å². The molecule has 3 nitrogen and oxygen atoms in total. The SMILES string of the molecule is CCc1ccc(-c2csc3nc(Cl)nc(N4CCCc5ccccc54)c23)cc1. The molecule has 0 aliphatic carbocycles. The molecule has 0 saturated heterocycles. The molecule has 0 spiro atoms. The monoisotopic (exact) mass is 405 g/mol. The third-order valence-corrected chi connectivity index (χ3v) is 6.47. The number of para-hydroxylation sites is 1. The Balaban J connectivity index is 1.72. The molecule has 28 heavy (non-hydrogen) atoms. The van der Waals surface area contributed by atoms with E-state index >= 15 is 0 Å². The zero-order valence-corrected chi connectivity index (χ0v) is 17.2. The summed E-state index contributed by atoms with van der Waals surface area (Å²) in [5.41, 5.74) is 6.30. The van der Waals surface area contributed by atoms with E-state index in [0.29, 0.717) is 5.28 Å². The minimum Gasteiger partial charge on any atom is -0.325 e. The van der Waals surface area contributed by atoms with Gasteiger partial charge in [-0.15, -0.1) is 11.3 Å². The Morgan fingerprint density at radius 3 is 2.71 bits per heavy atom. The van der Waals surface area contributed by atoms with Gasteiger partial charge in [-0.3, -0.25) is 0 Å². The summed E-state index contributed by atoms with van der Waals surface area (Å²) in [6.07, 6.45) is 3.24. The predicted molar refractivity (Wildman–Crippen MR) is 119 cm³/mol. The van der Waals surface area contributed by atoms with Crippen LogP contribution in [-0.2, 0) is 12.8 Å². The van der Waals surface area contributed by atoms with E-state index in [1.165, 1.54) is 27.9 Å². The van der Waals surface area contributed by atoms with Gasteiger partial charge in [-0.2, -0.15) is 4.98 Å². The van der Waals surface area contributed by atoms with Crippen molar-refractivity contribution < 1.29 is 0 Å². The van der Waals surface area contributed by atoms with Crippen LogP contribution in [0.4, 0.5) is 11.5 Å². The normalized spacial score (nSPS) is 13.7. The summed E-state index contributed by atoms with van der Waals surface area (Å²) in [6.45, 7) is 3.11. The molecule has 3 heterocycles. The summed E-state index contributed by atoms with van der Waals surface area (Å²) in [4.78, 5) is 12.5. The molecule has 140 valence electrons. The van der Waals surface area contributed by atoms with E-state index in [1.54, 1.807) is 11.3 Å². The number of nitrogens with zero attached hydrogens (tertiary/aromatic N) is 3. The molecule has 5 rings (SSSR count). The quantitative estimate of drug-likeness (QED) is 0.357. The number of fused-ring (bicyclic) bond motifs is 2. The van der Waals surface area contributed by atoms with Crippen LogP contribution in [0.3, 0.4) is 0 Å². The highest BCUT2D eigenvalue weighted by Gasteiger charge is 2.24. The lowest BCUT2D eigenvalue weighted by Gasteiger charge is -2.31. The highest BCUT2D eigenvalue weighted by atomic mass is 35.5. The van der Waals surface area contributed by atoms with Gasteiger partial charge in [-0.25, -0.2) is 4.98 Å². The van der Waals surface area contributed by atoms with Crippen molar-refractivity contribution >= 4 is 44.7 Å². The van der Waals surface area contributed by atoms with Crippen LogP contribution in [0.2, 0.25) is 5.28 Å². The molecule has 0 N–H and O–H groups in total. The molecule has 0 bridgehead atoms. The number of thiophene rings is 1. The second-order valence-electron chi connectivity index (χ2n) is 7.08. The molecule has 4 aromatic rings. The van der Waals surface area contributed by atoms with E-state index in [1.807, 2.05) is 0 Å². The first kappa shape index (κ1) is 17.7. The Bertz CT molecular complexity index is 1150. The molecule has 1 aliphatic heterocycles. The largest absolute Gasteiger partial charge is 0.325 e. The van der Waals surface area contributed by atoms with Gasteiger partial charge in [0.25, 0.3) is 0 Å². The van der Waals surface area contributed by atoms with E-state index < -0.39 is 0 Å². The zero-order valence-electron chi connectivity index (χ0n) is 15.7. The van der Waals surface area contributed by atoms with Crippen molar-refractivity contribution in [3.05, 3.63) is 70.3 Å². The number of rotatable bonds is 3. The second kappa shape index (κ2) is 7.19. The fourth-order valence-electron chi connectivity index (χ4n) is 3.98. The molecular weight excluding hydrogens is 386 g/mol. The van der Waals surface area contributed by atoms with E-state index in [-0.39, 0.29) is 0 Å². The molecule has 0 atom stereocenters. The van der Waals surface area contributed by atoms with Gasteiger partial charge in [0.1, 0.15) is 10.6 Å². The van der Waals surface area contributed by atoms with Gasteiger partial charge in [0.2, 0.25) is 5.28 Å². The zero-order chi connectivity index (χ0) is 19.1. The van der Waals surface area contributed by atoms with E-state index in [9.17, 15) is 0 Å². The van der Waals surface area contributed by atoms with Gasteiger partial charge in [0.05, 0.1) is 5.39 Å². The van der Waals surface area contributed by atoms with Crippen molar-refractivity contribution in [1.29, 1.82) is 0 Å². The van der Waals surface area contributed by atoms with Crippen molar-refractivity contribution in [3.63, 3.8) is 0 Å². The molecule has 0 fully saturated rings. The van der Waals surface area contributed by atoms with Crippen LogP contribution in [-0.4, -0.2) is 16.5 Å². The van der Waals surface area contributed by atoms with Gasteiger partial charge in [-0.1, -0.05) is 49.4 Å². The van der Waals surface area contributed by atoms with Crippen LogP contribution in [0.15, 0.2) is 53.9 Å². The first-order chi connectivity index (χ1) is 13.7. The maximum atomic E-state index is 6.32. The van der Waals surface area contributed by atoms with Crippen molar-refractivity contribution in [2.45, 2.75) is 26.2 Å². The van der Waals surface area contributed by atoms with Crippen LogP contribution >= 0.6 is 22.9 Å². The van der Waals surface area contributed by atoms with Crippen LogP contribution in [0.5, 0.6) is 0 Å². The summed E-state index contributed by atoms with van der Waals surface area (Å²) in [5, 5.41) is 3.58. The smallest absolute Gasteiger partial charge is 0.225 e. The van der Waals surface area contributed by atoms with Gasteiger partial charge < -0.3 is 4.90 Å². The Kier molecular flexibility index (Phi) is 4.53. The average Bonchev–Trinajstić information content (AvgIpc) is 3.16. The Hall–Kier alpha value is -2.43. The van der Waals surface area contributed by atoms with Gasteiger partial charge >= 0.3 is 0 Å². The number of aromatic nitrogens is 2. The predicted octanol–water partition coefficient (Wildman–Crippen LogP) is 6.66. The van der Waals surface area contributed by atoms with Crippen molar-refractivity contribution in [1.82, 2.24) is 9.97 Å². The minimum absolute atomic E-state index is 0.306. The maximum Gasteiger partial charge on any atom is 0.225 e. The van der Waals surface area contributed by atoms with Crippen LogP contribution in [0.1, 0.15) is 24.5 Å². The molecular formula is C23H20ClN3S. The van der Waals surface area contributed by atoms with Crippen molar-refractivity contribution in [3.8, 4) is 11.1 Å². The average molecular weight is 406 g/mol. The van der Waals surface area contributed by atoms with Crippen LogP contribution < -0.4 is 4.90 Å². The van der Waals surface area contributed by atoms with Gasteiger partial charge in [-0.05, 0) is 53.6 Å². The highest BCUT2D eigenvalue weighted by molar-refractivity contribution is 7.17. The fraction of sp³-hybridized carbons (Fsp3) is 0.217. The number of benzene rings is 2. The maximum absolute atomic E-state index is 6.32. The first-order valence-corrected chi connectivity index (χ1v) is 10.9. The van der Waals surface area contributed by atoms with Gasteiger partial charge in [0.15, 0.2) is 0 Å². The first-order valence-electron chi connectivity index (χ1n) is 9.64. The Labute approximate surface area is 173 Å². The Morgan fingerprint density at radius 2 is 1.89 bits per heavy atom. The lowest BCUT2D eigenvalue weighted by molar-refractivity contribution is 0.761. The number of anilines is 2. The number of hydrogen-bond acceptors (Lipinski definition) is 4. The summed E-state index contributed by atoms with van der Waals surface area (Å²) < 4.78 is 0. The summed E-state index contributed by atoms with van der Waals surface area (Å²) in [5.74, 6) is 0.915. The van der Waals surface area contributed by atoms with Gasteiger partial charge in [0, 0.05) is 23.2 Å². The van der Waals surface area contributed by atoms with Crippen LogP contribution in [0, 0.1) is 0 Å². The van der Waals surface area contributed by atoms with Crippen molar-refractivity contribution in [2.24, 2.45) is 0 Å². The van der Waals surface area contributed by atoms with E-state index in [4.69, 9.17) is 16.6 Å². The number of halogens is 1. The lowest BCUT2D eigenvalue weighted by Crippen LogP contribution is -2.25. The lowest BCUT2D eigenvalue weighted by atomic mass is 10.00. The molecule has 0 radical (unpaired) electrons. The molecule has 0 amide bonds. The van der Waals surface area contributed by atoms with E-state index in [0.717, 1.165) is 41.8 Å². The van der Waals surface area contributed by atoms with E-state index in [2.05, 4.69) is 70.7 Å².